The molecule has 1 heterocycles. The minimum Gasteiger partial charge on any atom is -0.461 e. The average Bonchev–Trinajstić information content (AvgIpc) is 3.09. The number of nitrogens with one attached hydrogen (secondary N) is 1. The van der Waals surface area contributed by atoms with Crippen LogP contribution < -0.4 is 0 Å². The normalized spacial score (nSPS) is 21.5. The van der Waals surface area contributed by atoms with Crippen LogP contribution in [0.4, 0.5) is 0 Å². The van der Waals surface area contributed by atoms with Crippen molar-refractivity contribution in [3.63, 3.8) is 0 Å². The summed E-state index contributed by atoms with van der Waals surface area (Å²) in [5.74, 6) is 1.78. The van der Waals surface area contributed by atoms with E-state index in [1.54, 1.807) is 6.33 Å². The Morgan fingerprint density at radius 1 is 1.18 bits per heavy atom. The van der Waals surface area contributed by atoms with Gasteiger partial charge in [0.25, 0.3) is 0 Å². The topological polar surface area (TPSA) is 67.9 Å². The van der Waals surface area contributed by atoms with Crippen molar-refractivity contribution in [1.29, 1.82) is 0 Å². The zero-order chi connectivity index (χ0) is 15.2. The summed E-state index contributed by atoms with van der Waals surface area (Å²) in [4.78, 5) is 16.2. The van der Waals surface area contributed by atoms with Gasteiger partial charge in [-0.25, -0.2) is 4.98 Å². The van der Waals surface area contributed by atoms with E-state index in [0.29, 0.717) is 24.9 Å². The quantitative estimate of drug-likeness (QED) is 0.861. The van der Waals surface area contributed by atoms with Gasteiger partial charge in [-0.05, 0) is 37.2 Å². The van der Waals surface area contributed by atoms with Crippen LogP contribution in [0.5, 0.6) is 0 Å². The number of nitrogens with zero attached hydrogens (tertiary/aromatic N) is 2. The first-order chi connectivity index (χ1) is 10.8. The standard InChI is InChI=1S/C17H21N3O2/c21-16(22-11-14-4-2-1-3-5-14)10-13-6-8-15(9-7-13)17-18-12-19-20-17/h1-5,12-13,15H,6-11H2,(H,18,19,20). The predicted octanol–water partition coefficient (Wildman–Crippen LogP) is 3.21. The molecule has 0 amide bonds. The number of hydrogen-bond acceptors (Lipinski definition) is 4. The summed E-state index contributed by atoms with van der Waals surface area (Å²) in [6, 6.07) is 9.80. The molecule has 1 fully saturated rings. The van der Waals surface area contributed by atoms with E-state index in [2.05, 4.69) is 15.2 Å². The maximum atomic E-state index is 11.9. The zero-order valence-corrected chi connectivity index (χ0v) is 12.6. The monoisotopic (exact) mass is 299 g/mol. The highest BCUT2D eigenvalue weighted by atomic mass is 16.5. The van der Waals surface area contributed by atoms with E-state index in [1.807, 2.05) is 30.3 Å². The van der Waals surface area contributed by atoms with E-state index in [-0.39, 0.29) is 5.97 Å². The molecule has 0 radical (unpaired) electrons. The summed E-state index contributed by atoms with van der Waals surface area (Å²) < 4.78 is 5.36. The third kappa shape index (κ3) is 3.93. The van der Waals surface area contributed by atoms with E-state index >= 15 is 0 Å². The Labute approximate surface area is 130 Å². The van der Waals surface area contributed by atoms with Gasteiger partial charge in [0.15, 0.2) is 0 Å². The van der Waals surface area contributed by atoms with Crippen LogP contribution >= 0.6 is 0 Å². The largest absolute Gasteiger partial charge is 0.461 e. The molecule has 0 atom stereocenters. The molecule has 0 spiro atoms. The van der Waals surface area contributed by atoms with Gasteiger partial charge in [-0.3, -0.25) is 9.89 Å². The molecule has 1 aliphatic rings. The molecular formula is C17H21N3O2. The van der Waals surface area contributed by atoms with Crippen molar-refractivity contribution in [3.05, 3.63) is 48.0 Å². The molecule has 22 heavy (non-hydrogen) atoms. The van der Waals surface area contributed by atoms with Gasteiger partial charge in [-0.15, -0.1) is 0 Å². The third-order valence-corrected chi connectivity index (χ3v) is 4.37. The van der Waals surface area contributed by atoms with Crippen LogP contribution in [0.1, 0.15) is 49.4 Å². The Morgan fingerprint density at radius 3 is 2.64 bits per heavy atom. The first-order valence-electron chi connectivity index (χ1n) is 7.86. The predicted molar refractivity (Wildman–Crippen MR) is 81.9 cm³/mol. The fraction of sp³-hybridized carbons (Fsp3) is 0.471. The van der Waals surface area contributed by atoms with E-state index < -0.39 is 0 Å². The summed E-state index contributed by atoms with van der Waals surface area (Å²) >= 11 is 0. The number of ether oxygens (including phenoxy) is 1. The summed E-state index contributed by atoms with van der Waals surface area (Å²) in [7, 11) is 0. The molecule has 0 bridgehead atoms. The molecule has 5 heteroatoms. The second kappa shape index (κ2) is 7.20. The highest BCUT2D eigenvalue weighted by Gasteiger charge is 2.25. The van der Waals surface area contributed by atoms with E-state index in [4.69, 9.17) is 4.74 Å². The smallest absolute Gasteiger partial charge is 0.306 e. The summed E-state index contributed by atoms with van der Waals surface area (Å²) in [5.41, 5.74) is 1.03. The van der Waals surface area contributed by atoms with E-state index in [9.17, 15) is 4.79 Å². The molecule has 1 saturated carbocycles. The molecule has 0 saturated heterocycles. The number of aromatic amines is 1. The fourth-order valence-corrected chi connectivity index (χ4v) is 3.08. The highest BCUT2D eigenvalue weighted by molar-refractivity contribution is 5.69. The van der Waals surface area contributed by atoms with Crippen LogP contribution in [0.15, 0.2) is 36.7 Å². The number of carbonyl (C=O) groups excluding carboxylic acids is 1. The minimum atomic E-state index is -0.0908. The molecule has 1 aliphatic carbocycles. The highest BCUT2D eigenvalue weighted by Crippen LogP contribution is 2.35. The lowest BCUT2D eigenvalue weighted by atomic mass is 9.80. The van der Waals surface area contributed by atoms with Crippen molar-refractivity contribution < 1.29 is 9.53 Å². The van der Waals surface area contributed by atoms with Gasteiger partial charge in [-0.2, -0.15) is 5.10 Å². The fourth-order valence-electron chi connectivity index (χ4n) is 3.08. The van der Waals surface area contributed by atoms with E-state index in [0.717, 1.165) is 37.1 Å². The zero-order valence-electron chi connectivity index (χ0n) is 12.6. The lowest BCUT2D eigenvalue weighted by Crippen LogP contribution is -2.18. The van der Waals surface area contributed by atoms with Gasteiger partial charge < -0.3 is 4.74 Å². The Balaban J connectivity index is 1.40. The van der Waals surface area contributed by atoms with Crippen LogP contribution in [-0.2, 0) is 16.1 Å². The summed E-state index contributed by atoms with van der Waals surface area (Å²) in [6.45, 7) is 0.368. The second-order valence-electron chi connectivity index (χ2n) is 5.94. The molecule has 2 aromatic rings. The lowest BCUT2D eigenvalue weighted by molar-refractivity contribution is -0.146. The average molecular weight is 299 g/mol. The molecule has 116 valence electrons. The van der Waals surface area contributed by atoms with Crippen molar-refractivity contribution in [1.82, 2.24) is 15.2 Å². The van der Waals surface area contributed by atoms with Crippen molar-refractivity contribution in [2.24, 2.45) is 5.92 Å². The molecule has 1 aromatic heterocycles. The third-order valence-electron chi connectivity index (χ3n) is 4.37. The Morgan fingerprint density at radius 2 is 1.95 bits per heavy atom. The van der Waals surface area contributed by atoms with Crippen molar-refractivity contribution in [2.45, 2.75) is 44.6 Å². The number of benzene rings is 1. The van der Waals surface area contributed by atoms with Crippen LogP contribution in [0.2, 0.25) is 0 Å². The molecular weight excluding hydrogens is 278 g/mol. The SMILES string of the molecule is O=C(CC1CCC(c2ncn[nH]2)CC1)OCc1ccccc1. The molecule has 0 unspecified atom stereocenters. The number of hydrogen-bond donors (Lipinski definition) is 1. The van der Waals surface area contributed by atoms with Gasteiger partial charge in [0.05, 0.1) is 0 Å². The van der Waals surface area contributed by atoms with Gasteiger partial charge in [0.2, 0.25) is 0 Å². The first kappa shape index (κ1) is 14.8. The van der Waals surface area contributed by atoms with E-state index in [1.165, 1.54) is 0 Å². The lowest BCUT2D eigenvalue weighted by Gasteiger charge is -2.26. The maximum Gasteiger partial charge on any atom is 0.306 e. The van der Waals surface area contributed by atoms with Crippen LogP contribution in [0.3, 0.4) is 0 Å². The van der Waals surface area contributed by atoms with Gasteiger partial charge >= 0.3 is 5.97 Å². The Bertz CT molecular complexity index is 575. The number of esters is 1. The number of rotatable bonds is 5. The maximum absolute atomic E-state index is 11.9. The molecule has 1 N–H and O–H groups in total. The van der Waals surface area contributed by atoms with Crippen molar-refractivity contribution in [3.8, 4) is 0 Å². The minimum absolute atomic E-state index is 0.0908. The van der Waals surface area contributed by atoms with Gasteiger partial charge in [0.1, 0.15) is 18.8 Å². The summed E-state index contributed by atoms with van der Waals surface area (Å²) in [6.07, 6.45) is 6.30. The number of H-pyrrole nitrogens is 1. The van der Waals surface area contributed by atoms with Crippen molar-refractivity contribution in [2.75, 3.05) is 0 Å². The molecule has 3 rings (SSSR count). The van der Waals surface area contributed by atoms with Gasteiger partial charge in [-0.1, -0.05) is 30.3 Å². The van der Waals surface area contributed by atoms with Gasteiger partial charge in [0, 0.05) is 12.3 Å². The Kier molecular flexibility index (Phi) is 4.83. The number of carbonyl (C=O) groups is 1. The first-order valence-corrected chi connectivity index (χ1v) is 7.86. The molecule has 1 aromatic carbocycles. The molecule has 5 nitrogen and oxygen atoms in total. The second-order valence-corrected chi connectivity index (χ2v) is 5.94. The Hall–Kier alpha value is -2.17. The molecule has 0 aliphatic heterocycles. The van der Waals surface area contributed by atoms with Crippen molar-refractivity contribution >= 4 is 5.97 Å². The van der Waals surface area contributed by atoms with Crippen LogP contribution in [-0.4, -0.2) is 21.2 Å². The number of aromatic nitrogens is 3. The van der Waals surface area contributed by atoms with Crippen LogP contribution in [0, 0.1) is 5.92 Å². The summed E-state index contributed by atoms with van der Waals surface area (Å²) in [5, 5.41) is 6.86. The van der Waals surface area contributed by atoms with Crippen LogP contribution in [0.25, 0.3) is 0 Å².